The predicted octanol–water partition coefficient (Wildman–Crippen LogP) is 3.25. The number of nitrogens with zero attached hydrogens (tertiary/aromatic N) is 1. The Morgan fingerprint density at radius 3 is 2.55 bits per heavy atom. The smallest absolute Gasteiger partial charge is 0.134 e. The zero-order valence-electron chi connectivity index (χ0n) is 11.8. The molecule has 0 fully saturated rings. The Hall–Kier alpha value is -2.66. The van der Waals surface area contributed by atoms with Crippen LogP contribution in [0.15, 0.2) is 36.4 Å². The summed E-state index contributed by atoms with van der Waals surface area (Å²) >= 11 is 0. The molecule has 0 atom stereocenters. The van der Waals surface area contributed by atoms with Crippen LogP contribution in [0.2, 0.25) is 0 Å². The molecule has 0 amide bonds. The van der Waals surface area contributed by atoms with E-state index in [4.69, 9.17) is 5.11 Å². The van der Waals surface area contributed by atoms with E-state index in [1.165, 1.54) is 18.2 Å². The summed E-state index contributed by atoms with van der Waals surface area (Å²) in [6.45, 7) is 1.32. The summed E-state index contributed by atoms with van der Waals surface area (Å²) in [4.78, 5) is 4.35. The average Bonchev–Trinajstić information content (AvgIpc) is 2.50. The lowest BCUT2D eigenvalue weighted by molar-refractivity contribution is 0.276. The molecule has 1 aromatic heterocycles. The van der Waals surface area contributed by atoms with Crippen LogP contribution in [0.25, 0.3) is 22.2 Å². The Balaban J connectivity index is 2.23. The lowest BCUT2D eigenvalue weighted by Gasteiger charge is -2.10. The standard InChI is InChI=1S/C17H14FNO3/c1-9-2-3-10(6-12(9)18)14-7-15(21)16-13(19-14)5-4-11(8-20)17(16)22/h2-7,20,22H,8H2,1H3,(H,19,21). The van der Waals surface area contributed by atoms with Gasteiger partial charge >= 0.3 is 0 Å². The van der Waals surface area contributed by atoms with Gasteiger partial charge in [0.15, 0.2) is 0 Å². The number of aliphatic hydroxyl groups is 1. The summed E-state index contributed by atoms with van der Waals surface area (Å²) in [5.41, 5.74) is 2.13. The van der Waals surface area contributed by atoms with Gasteiger partial charge in [-0.2, -0.15) is 0 Å². The monoisotopic (exact) mass is 299 g/mol. The Kier molecular flexibility index (Phi) is 3.42. The molecule has 0 aliphatic rings. The Morgan fingerprint density at radius 2 is 1.86 bits per heavy atom. The molecular formula is C17H14FNO3. The SMILES string of the molecule is Cc1ccc(-c2cc(O)c3c(O)c(CO)ccc3n2)cc1F. The zero-order chi connectivity index (χ0) is 15.9. The molecule has 0 bridgehead atoms. The molecule has 3 N–H and O–H groups in total. The highest BCUT2D eigenvalue weighted by molar-refractivity contribution is 5.93. The van der Waals surface area contributed by atoms with Gasteiger partial charge in [0.1, 0.15) is 17.3 Å². The molecule has 0 radical (unpaired) electrons. The van der Waals surface area contributed by atoms with Gasteiger partial charge in [-0.05, 0) is 24.6 Å². The summed E-state index contributed by atoms with van der Waals surface area (Å²) in [7, 11) is 0. The normalized spacial score (nSPS) is 11.0. The number of hydrogen-bond acceptors (Lipinski definition) is 4. The fourth-order valence-electron chi connectivity index (χ4n) is 2.36. The van der Waals surface area contributed by atoms with Gasteiger partial charge in [0.25, 0.3) is 0 Å². The molecule has 3 aromatic rings. The average molecular weight is 299 g/mol. The second-order valence-corrected chi connectivity index (χ2v) is 5.12. The number of rotatable bonds is 2. The number of pyridine rings is 1. The van der Waals surface area contributed by atoms with Crippen LogP contribution in [0.3, 0.4) is 0 Å². The molecule has 3 rings (SSSR count). The van der Waals surface area contributed by atoms with Gasteiger partial charge in [-0.25, -0.2) is 9.37 Å². The lowest BCUT2D eigenvalue weighted by Crippen LogP contribution is -1.91. The Labute approximate surface area is 126 Å². The fourth-order valence-corrected chi connectivity index (χ4v) is 2.36. The highest BCUT2D eigenvalue weighted by Gasteiger charge is 2.14. The van der Waals surface area contributed by atoms with Crippen molar-refractivity contribution in [3.8, 4) is 22.8 Å². The summed E-state index contributed by atoms with van der Waals surface area (Å²) < 4.78 is 13.7. The molecule has 0 unspecified atom stereocenters. The van der Waals surface area contributed by atoms with Gasteiger partial charge < -0.3 is 15.3 Å². The molecule has 0 aliphatic heterocycles. The van der Waals surface area contributed by atoms with Crippen molar-refractivity contribution in [2.45, 2.75) is 13.5 Å². The van der Waals surface area contributed by atoms with E-state index in [0.717, 1.165) is 0 Å². The van der Waals surface area contributed by atoms with Crippen LogP contribution in [0, 0.1) is 12.7 Å². The van der Waals surface area contributed by atoms with Gasteiger partial charge in [0, 0.05) is 17.2 Å². The maximum Gasteiger partial charge on any atom is 0.134 e. The van der Waals surface area contributed by atoms with E-state index in [0.29, 0.717) is 27.9 Å². The molecule has 4 nitrogen and oxygen atoms in total. The minimum atomic E-state index is -0.350. The first-order valence-electron chi connectivity index (χ1n) is 6.73. The predicted molar refractivity (Wildman–Crippen MR) is 81.1 cm³/mol. The van der Waals surface area contributed by atoms with E-state index < -0.39 is 0 Å². The minimum Gasteiger partial charge on any atom is -0.507 e. The van der Waals surface area contributed by atoms with Crippen molar-refractivity contribution < 1.29 is 19.7 Å². The topological polar surface area (TPSA) is 73.6 Å². The lowest BCUT2D eigenvalue weighted by atomic mass is 10.0. The molecule has 22 heavy (non-hydrogen) atoms. The van der Waals surface area contributed by atoms with Crippen molar-refractivity contribution in [3.05, 3.63) is 53.3 Å². The number of hydrogen-bond donors (Lipinski definition) is 3. The molecule has 0 aliphatic carbocycles. The number of benzene rings is 2. The van der Waals surface area contributed by atoms with Crippen LogP contribution in [-0.4, -0.2) is 20.3 Å². The first kappa shape index (κ1) is 14.3. The van der Waals surface area contributed by atoms with Crippen molar-refractivity contribution in [2.75, 3.05) is 0 Å². The molecule has 1 heterocycles. The van der Waals surface area contributed by atoms with Crippen molar-refractivity contribution >= 4 is 10.9 Å². The van der Waals surface area contributed by atoms with Crippen molar-refractivity contribution in [1.29, 1.82) is 0 Å². The number of aromatic nitrogens is 1. The van der Waals surface area contributed by atoms with Gasteiger partial charge in [0.05, 0.1) is 23.2 Å². The van der Waals surface area contributed by atoms with Crippen LogP contribution < -0.4 is 0 Å². The molecule has 112 valence electrons. The van der Waals surface area contributed by atoms with Gasteiger partial charge in [-0.15, -0.1) is 0 Å². The minimum absolute atomic E-state index is 0.169. The molecule has 2 aromatic carbocycles. The Morgan fingerprint density at radius 1 is 1.09 bits per heavy atom. The highest BCUT2D eigenvalue weighted by atomic mass is 19.1. The van der Waals surface area contributed by atoms with E-state index >= 15 is 0 Å². The van der Waals surface area contributed by atoms with Crippen molar-refractivity contribution in [2.24, 2.45) is 0 Å². The molecule has 5 heteroatoms. The number of fused-ring (bicyclic) bond motifs is 1. The first-order valence-corrected chi connectivity index (χ1v) is 6.73. The van der Waals surface area contributed by atoms with Gasteiger partial charge in [-0.1, -0.05) is 18.2 Å². The maximum absolute atomic E-state index is 13.7. The van der Waals surface area contributed by atoms with E-state index in [-0.39, 0.29) is 29.3 Å². The molecular weight excluding hydrogens is 285 g/mol. The maximum atomic E-state index is 13.7. The Bertz CT molecular complexity index is 877. The number of halogens is 1. The first-order chi connectivity index (χ1) is 10.5. The van der Waals surface area contributed by atoms with Crippen LogP contribution in [0.5, 0.6) is 11.5 Å². The second-order valence-electron chi connectivity index (χ2n) is 5.12. The summed E-state index contributed by atoms with van der Waals surface area (Å²) in [5.74, 6) is -0.724. The van der Waals surface area contributed by atoms with E-state index in [9.17, 15) is 14.6 Å². The van der Waals surface area contributed by atoms with Crippen LogP contribution in [0.4, 0.5) is 4.39 Å². The molecule has 0 saturated carbocycles. The third-order valence-corrected chi connectivity index (χ3v) is 3.65. The third-order valence-electron chi connectivity index (χ3n) is 3.65. The van der Waals surface area contributed by atoms with E-state index in [1.54, 1.807) is 25.1 Å². The van der Waals surface area contributed by atoms with Crippen molar-refractivity contribution in [1.82, 2.24) is 4.98 Å². The van der Waals surface area contributed by atoms with E-state index in [1.807, 2.05) is 0 Å². The second kappa shape index (κ2) is 5.27. The van der Waals surface area contributed by atoms with Crippen LogP contribution in [0.1, 0.15) is 11.1 Å². The zero-order valence-corrected chi connectivity index (χ0v) is 11.8. The van der Waals surface area contributed by atoms with Gasteiger partial charge in [-0.3, -0.25) is 0 Å². The molecule has 0 saturated heterocycles. The highest BCUT2D eigenvalue weighted by Crippen LogP contribution is 2.37. The number of phenols is 1. The summed E-state index contributed by atoms with van der Waals surface area (Å²) in [6, 6.07) is 9.20. The number of aromatic hydroxyl groups is 2. The van der Waals surface area contributed by atoms with Crippen LogP contribution >= 0.6 is 0 Å². The fraction of sp³-hybridized carbons (Fsp3) is 0.118. The number of aryl methyl sites for hydroxylation is 1. The number of aliphatic hydroxyl groups excluding tert-OH is 1. The van der Waals surface area contributed by atoms with E-state index in [2.05, 4.69) is 4.98 Å². The van der Waals surface area contributed by atoms with Crippen molar-refractivity contribution in [3.63, 3.8) is 0 Å². The van der Waals surface area contributed by atoms with Crippen LogP contribution in [-0.2, 0) is 6.61 Å². The summed E-state index contributed by atoms with van der Waals surface area (Å²) in [5, 5.41) is 29.5. The molecule has 0 spiro atoms. The van der Waals surface area contributed by atoms with Gasteiger partial charge in [0.2, 0.25) is 0 Å². The summed E-state index contributed by atoms with van der Waals surface area (Å²) in [6.07, 6.45) is 0. The third kappa shape index (κ3) is 2.25. The quantitative estimate of drug-likeness (QED) is 0.679. The largest absolute Gasteiger partial charge is 0.507 e.